The first-order valence-corrected chi connectivity index (χ1v) is 15.7. The Bertz CT molecular complexity index is 1960. The summed E-state index contributed by atoms with van der Waals surface area (Å²) in [4.78, 5) is 60.6. The second-order valence-corrected chi connectivity index (χ2v) is 13.4. The van der Waals surface area contributed by atoms with Crippen molar-refractivity contribution in [1.82, 2.24) is 39.5 Å². The van der Waals surface area contributed by atoms with Crippen LogP contribution < -0.4 is 5.32 Å². The van der Waals surface area contributed by atoms with Gasteiger partial charge in [0.15, 0.2) is 11.6 Å². The van der Waals surface area contributed by atoms with Crippen LogP contribution in [0.25, 0.3) is 22.2 Å². The molecule has 47 heavy (non-hydrogen) atoms. The third kappa shape index (κ3) is 5.66. The molecule has 6 heterocycles. The zero-order valence-corrected chi connectivity index (χ0v) is 27.2. The molecule has 7 rings (SSSR count). The van der Waals surface area contributed by atoms with Crippen molar-refractivity contribution < 1.29 is 27.6 Å². The molecular weight excluding hydrogens is 683 g/mol. The molecule has 1 N–H and O–H groups in total. The van der Waals surface area contributed by atoms with E-state index in [2.05, 4.69) is 46.3 Å². The van der Waals surface area contributed by atoms with Crippen LogP contribution in [-0.2, 0) is 16.1 Å². The molecule has 1 aliphatic carbocycles. The quantitative estimate of drug-likeness (QED) is 0.213. The molecule has 12 nitrogen and oxygen atoms in total. The van der Waals surface area contributed by atoms with Crippen molar-refractivity contribution in [2.24, 2.45) is 5.41 Å². The number of hydrogen-bond acceptors (Lipinski definition) is 9. The summed E-state index contributed by atoms with van der Waals surface area (Å²) in [7, 11) is 0. The van der Waals surface area contributed by atoms with Gasteiger partial charge >= 0.3 is 0 Å². The van der Waals surface area contributed by atoms with Gasteiger partial charge in [-0.1, -0.05) is 0 Å². The number of fused-ring (bicyclic) bond motifs is 2. The molecule has 3 fully saturated rings. The van der Waals surface area contributed by atoms with Crippen LogP contribution in [0.15, 0.2) is 35.3 Å². The minimum Gasteiger partial charge on any atom is -0.325 e. The number of piperidine rings is 1. The molecule has 3 atom stereocenters. The Morgan fingerprint density at radius 3 is 2.47 bits per heavy atom. The summed E-state index contributed by atoms with van der Waals surface area (Å²) in [6.07, 6.45) is 5.60. The SMILES string of the molecule is CC(=O)c1nn(CC(=O)N2C(C(=O)Nc3nc(Br)c(F)cc3C)C[C@@]3(CN4CC(F)(F)C4)C[C@@H]23)c2cnc(-c3cnc(C)nc3)cc12. The molecule has 3 aliphatic rings. The van der Waals surface area contributed by atoms with E-state index in [4.69, 9.17) is 0 Å². The largest absolute Gasteiger partial charge is 0.325 e. The summed E-state index contributed by atoms with van der Waals surface area (Å²) in [5, 5.41) is 7.69. The highest BCUT2D eigenvalue weighted by molar-refractivity contribution is 9.10. The van der Waals surface area contributed by atoms with Gasteiger partial charge in [-0.15, -0.1) is 0 Å². The van der Waals surface area contributed by atoms with Crippen LogP contribution in [0.2, 0.25) is 0 Å². The first-order valence-electron chi connectivity index (χ1n) is 14.9. The molecule has 1 saturated carbocycles. The monoisotopic (exact) mass is 711 g/mol. The predicted molar refractivity (Wildman–Crippen MR) is 166 cm³/mol. The summed E-state index contributed by atoms with van der Waals surface area (Å²) in [6, 6.07) is 1.64. The Morgan fingerprint density at radius 1 is 1.06 bits per heavy atom. The van der Waals surface area contributed by atoms with Crippen LogP contribution >= 0.6 is 15.9 Å². The number of nitrogens with zero attached hydrogens (tertiary/aromatic N) is 8. The van der Waals surface area contributed by atoms with Gasteiger partial charge in [-0.3, -0.25) is 28.9 Å². The predicted octanol–water partition coefficient (Wildman–Crippen LogP) is 3.95. The fourth-order valence-electron chi connectivity index (χ4n) is 6.84. The highest BCUT2D eigenvalue weighted by atomic mass is 79.9. The normalized spacial score (nSPS) is 23.0. The zero-order valence-electron chi connectivity index (χ0n) is 25.6. The Balaban J connectivity index is 1.18. The fraction of sp³-hybridized carbons (Fsp3) is 0.419. The lowest BCUT2D eigenvalue weighted by atomic mass is 9.96. The van der Waals surface area contributed by atoms with Crippen molar-refractivity contribution in [2.45, 2.75) is 58.2 Å². The minimum atomic E-state index is -2.75. The number of aryl methyl sites for hydroxylation is 2. The van der Waals surface area contributed by atoms with E-state index in [1.165, 1.54) is 28.8 Å². The number of ketones is 1. The van der Waals surface area contributed by atoms with Crippen molar-refractivity contribution in [3.8, 4) is 11.3 Å². The fourth-order valence-corrected chi connectivity index (χ4v) is 7.13. The number of carbonyl (C=O) groups excluding carboxylic acids is 3. The summed E-state index contributed by atoms with van der Waals surface area (Å²) in [6.45, 7) is 4.04. The number of aromatic nitrogens is 6. The number of pyridine rings is 2. The number of nitrogens with one attached hydrogen (secondary N) is 1. The summed E-state index contributed by atoms with van der Waals surface area (Å²) < 4.78 is 42.7. The van der Waals surface area contributed by atoms with Gasteiger partial charge in [-0.25, -0.2) is 28.1 Å². The molecule has 4 aromatic rings. The Labute approximate surface area is 274 Å². The zero-order chi connectivity index (χ0) is 33.4. The van der Waals surface area contributed by atoms with Crippen LogP contribution in [0.5, 0.6) is 0 Å². The number of hydrogen-bond donors (Lipinski definition) is 1. The van der Waals surface area contributed by atoms with Gasteiger partial charge in [0.1, 0.15) is 34.5 Å². The topological polar surface area (TPSA) is 139 Å². The minimum absolute atomic E-state index is 0.0747. The highest BCUT2D eigenvalue weighted by Crippen LogP contribution is 2.60. The average Bonchev–Trinajstić information content (AvgIpc) is 3.40. The smallest absolute Gasteiger partial charge is 0.272 e. The van der Waals surface area contributed by atoms with E-state index < -0.39 is 35.0 Å². The Kier molecular flexibility index (Phi) is 7.42. The van der Waals surface area contributed by atoms with Gasteiger partial charge in [-0.2, -0.15) is 5.10 Å². The van der Waals surface area contributed by atoms with E-state index in [0.717, 1.165) is 0 Å². The first kappa shape index (κ1) is 31.3. The van der Waals surface area contributed by atoms with E-state index >= 15 is 0 Å². The first-order chi connectivity index (χ1) is 22.2. The summed E-state index contributed by atoms with van der Waals surface area (Å²) in [5.74, 6) is -3.86. The standard InChI is InChI=1S/C31H29BrF3N9O3/c1-15-4-20(33)27(32)39-28(15)40-29(47)22-6-30(12-42-13-31(34,35)14-42)7-24(30)44(22)25(46)11-43-23-10-38-21(18-8-36-17(3)37-9-18)5-19(23)26(41-43)16(2)45/h4-5,8-10,22,24H,6-7,11-14H2,1-3H3,(H,39,40,47)/t22?,24-,30+/m1/s1. The lowest BCUT2D eigenvalue weighted by molar-refractivity contribution is -0.138. The third-order valence-corrected chi connectivity index (χ3v) is 9.71. The average molecular weight is 713 g/mol. The maximum Gasteiger partial charge on any atom is 0.272 e. The number of halogens is 4. The molecule has 0 bridgehead atoms. The maximum absolute atomic E-state index is 14.1. The van der Waals surface area contributed by atoms with Crippen molar-refractivity contribution in [3.05, 3.63) is 58.2 Å². The highest BCUT2D eigenvalue weighted by Gasteiger charge is 2.68. The van der Waals surface area contributed by atoms with Crippen LogP contribution in [0.4, 0.5) is 19.0 Å². The van der Waals surface area contributed by atoms with Crippen LogP contribution in [-0.4, -0.2) is 94.8 Å². The third-order valence-electron chi connectivity index (χ3n) is 9.15. The van der Waals surface area contributed by atoms with Crippen LogP contribution in [0, 0.1) is 25.1 Å². The van der Waals surface area contributed by atoms with Crippen molar-refractivity contribution in [2.75, 3.05) is 25.0 Å². The van der Waals surface area contributed by atoms with Gasteiger partial charge < -0.3 is 10.2 Å². The number of amides is 2. The van der Waals surface area contributed by atoms with Crippen molar-refractivity contribution >= 4 is 50.2 Å². The molecule has 16 heteroatoms. The molecule has 0 spiro atoms. The molecule has 0 radical (unpaired) electrons. The van der Waals surface area contributed by atoms with Gasteiger partial charge in [-0.05, 0) is 60.3 Å². The van der Waals surface area contributed by atoms with Gasteiger partial charge in [0.25, 0.3) is 5.92 Å². The molecule has 2 aliphatic heterocycles. The van der Waals surface area contributed by atoms with Gasteiger partial charge in [0, 0.05) is 48.3 Å². The van der Waals surface area contributed by atoms with Gasteiger partial charge in [0.2, 0.25) is 11.8 Å². The summed E-state index contributed by atoms with van der Waals surface area (Å²) >= 11 is 3.04. The maximum atomic E-state index is 14.1. The summed E-state index contributed by atoms with van der Waals surface area (Å²) in [5.41, 5.74) is 1.64. The number of anilines is 1. The molecule has 1 unspecified atom stereocenters. The second-order valence-electron chi connectivity index (χ2n) is 12.7. The number of Topliss-reactive ketones (excluding diaryl/α,β-unsaturated/α-hetero) is 1. The number of likely N-dealkylation sites (tertiary alicyclic amines) is 2. The van der Waals surface area contributed by atoms with Crippen molar-refractivity contribution in [3.63, 3.8) is 0 Å². The van der Waals surface area contributed by atoms with E-state index in [-0.39, 0.29) is 54.0 Å². The van der Waals surface area contributed by atoms with E-state index in [1.807, 2.05) is 0 Å². The number of rotatable bonds is 8. The van der Waals surface area contributed by atoms with Crippen molar-refractivity contribution in [1.29, 1.82) is 0 Å². The number of carbonyl (C=O) groups is 3. The Hall–Kier alpha value is -4.31. The van der Waals surface area contributed by atoms with E-state index in [1.54, 1.807) is 37.2 Å². The lowest BCUT2D eigenvalue weighted by Gasteiger charge is -2.40. The molecular formula is C31H29BrF3N9O3. The van der Waals surface area contributed by atoms with Gasteiger partial charge in [0.05, 0.1) is 30.5 Å². The Morgan fingerprint density at radius 2 is 1.79 bits per heavy atom. The van der Waals surface area contributed by atoms with Crippen LogP contribution in [0.3, 0.4) is 0 Å². The van der Waals surface area contributed by atoms with Crippen LogP contribution in [0.1, 0.15) is 41.6 Å². The molecule has 244 valence electrons. The second kappa shape index (κ2) is 11.1. The molecule has 2 saturated heterocycles. The van der Waals surface area contributed by atoms with E-state index in [0.29, 0.717) is 46.5 Å². The molecule has 0 aromatic carbocycles. The number of alkyl halides is 2. The molecule has 2 amide bonds. The lowest BCUT2D eigenvalue weighted by Crippen LogP contribution is -2.57. The van der Waals surface area contributed by atoms with E-state index in [9.17, 15) is 27.6 Å². The molecule has 4 aromatic heterocycles.